The van der Waals surface area contributed by atoms with Crippen LogP contribution in [0.1, 0.15) is 23.4 Å². The molecule has 0 aliphatic rings. The summed E-state index contributed by atoms with van der Waals surface area (Å²) in [7, 11) is 0. The molecule has 0 fully saturated rings. The van der Waals surface area contributed by atoms with Crippen LogP contribution >= 0.6 is 11.6 Å². The van der Waals surface area contributed by atoms with Crippen LogP contribution in [-0.4, -0.2) is 5.16 Å². The first kappa shape index (κ1) is 8.46. The highest BCUT2D eigenvalue weighted by Crippen LogP contribution is 2.26. The van der Waals surface area contributed by atoms with E-state index in [0.717, 1.165) is 0 Å². The maximum atomic E-state index is 12.2. The van der Waals surface area contributed by atoms with Crippen molar-refractivity contribution in [2.75, 3.05) is 0 Å². The average Bonchev–Trinajstić information content (AvgIpc) is 2.30. The summed E-state index contributed by atoms with van der Waals surface area (Å²) in [4.78, 5) is 0. The molecule has 1 rings (SSSR count). The lowest BCUT2D eigenvalue weighted by atomic mass is 10.2. The number of hydrogen-bond donors (Lipinski definition) is 0. The molecule has 0 atom stereocenters. The molecule has 0 aliphatic heterocycles. The van der Waals surface area contributed by atoms with Crippen LogP contribution < -0.4 is 0 Å². The summed E-state index contributed by atoms with van der Waals surface area (Å²) in [5, 5.41) is 3.37. The van der Waals surface area contributed by atoms with Crippen LogP contribution in [0.25, 0.3) is 0 Å². The Kier molecular flexibility index (Phi) is 2.44. The summed E-state index contributed by atoms with van der Waals surface area (Å²) in [5.74, 6) is 0.0902. The predicted molar refractivity (Wildman–Crippen MR) is 35.8 cm³/mol. The molecule has 1 heterocycles. The van der Waals surface area contributed by atoms with E-state index in [2.05, 4.69) is 9.68 Å². The molecule has 2 nitrogen and oxygen atoms in total. The zero-order chi connectivity index (χ0) is 8.43. The van der Waals surface area contributed by atoms with Gasteiger partial charge in [-0.1, -0.05) is 5.16 Å². The minimum Gasteiger partial charge on any atom is -0.361 e. The smallest absolute Gasteiger partial charge is 0.269 e. The number of alkyl halides is 3. The van der Waals surface area contributed by atoms with Gasteiger partial charge in [-0.25, -0.2) is 8.78 Å². The van der Waals surface area contributed by atoms with Gasteiger partial charge in [0.2, 0.25) is 0 Å². The van der Waals surface area contributed by atoms with E-state index in [0.29, 0.717) is 0 Å². The van der Waals surface area contributed by atoms with Gasteiger partial charge in [-0.15, -0.1) is 11.6 Å². The minimum absolute atomic E-state index is 0.0446. The fourth-order valence-electron chi connectivity index (χ4n) is 0.801. The molecule has 1 aromatic heterocycles. The molecule has 5 heteroatoms. The summed E-state index contributed by atoms with van der Waals surface area (Å²) >= 11 is 5.33. The molecule has 0 saturated heterocycles. The van der Waals surface area contributed by atoms with Crippen LogP contribution in [0, 0.1) is 6.92 Å². The summed E-state index contributed by atoms with van der Waals surface area (Å²) in [6.07, 6.45) is -2.56. The van der Waals surface area contributed by atoms with Gasteiger partial charge in [0.15, 0.2) is 0 Å². The molecule has 0 radical (unpaired) electrons. The number of nitrogens with zero attached hydrogens (tertiary/aromatic N) is 1. The Morgan fingerprint density at radius 3 is 2.64 bits per heavy atom. The van der Waals surface area contributed by atoms with Crippen LogP contribution in [0.2, 0.25) is 0 Å². The Balaban J connectivity index is 3.07. The van der Waals surface area contributed by atoms with Crippen molar-refractivity contribution < 1.29 is 13.3 Å². The van der Waals surface area contributed by atoms with Crippen molar-refractivity contribution in [2.45, 2.75) is 19.2 Å². The summed E-state index contributed by atoms with van der Waals surface area (Å²) in [6.45, 7) is 1.44. The van der Waals surface area contributed by atoms with Crippen molar-refractivity contribution in [3.8, 4) is 0 Å². The van der Waals surface area contributed by atoms with Crippen LogP contribution in [0.5, 0.6) is 0 Å². The van der Waals surface area contributed by atoms with Crippen LogP contribution in [-0.2, 0) is 5.88 Å². The molecule has 0 aliphatic carbocycles. The average molecular weight is 182 g/mol. The van der Waals surface area contributed by atoms with Crippen molar-refractivity contribution in [2.24, 2.45) is 0 Å². The molecule has 0 bridgehead atoms. The maximum Gasteiger partial charge on any atom is 0.269 e. The van der Waals surface area contributed by atoms with Gasteiger partial charge in [-0.2, -0.15) is 0 Å². The third kappa shape index (κ3) is 1.50. The van der Waals surface area contributed by atoms with E-state index in [-0.39, 0.29) is 22.9 Å². The standard InChI is InChI=1S/C6H6ClF2NO/c1-3-5(6(8)9)4(2-7)10-11-3/h6H,2H2,1H3. The molecule has 0 amide bonds. The lowest BCUT2D eigenvalue weighted by Gasteiger charge is -1.95. The van der Waals surface area contributed by atoms with Crippen molar-refractivity contribution in [1.29, 1.82) is 0 Å². The molecule has 0 saturated carbocycles. The molecular formula is C6H6ClF2NO. The molecule has 1 aromatic rings. The molecule has 11 heavy (non-hydrogen) atoms. The fraction of sp³-hybridized carbons (Fsp3) is 0.500. The second-order valence-corrected chi connectivity index (χ2v) is 2.30. The molecule has 0 N–H and O–H groups in total. The molecular weight excluding hydrogens is 176 g/mol. The lowest BCUT2D eigenvalue weighted by Crippen LogP contribution is -1.89. The SMILES string of the molecule is Cc1onc(CCl)c1C(F)F. The molecule has 0 aromatic carbocycles. The molecule has 0 unspecified atom stereocenters. The normalized spacial score (nSPS) is 11.0. The van der Waals surface area contributed by atoms with Gasteiger partial charge in [0.25, 0.3) is 6.43 Å². The second kappa shape index (κ2) is 3.17. The monoisotopic (exact) mass is 181 g/mol. The van der Waals surface area contributed by atoms with Crippen molar-refractivity contribution in [1.82, 2.24) is 5.16 Å². The fourth-order valence-corrected chi connectivity index (χ4v) is 0.994. The second-order valence-electron chi connectivity index (χ2n) is 2.03. The van der Waals surface area contributed by atoms with Gasteiger partial charge in [0, 0.05) is 0 Å². The largest absolute Gasteiger partial charge is 0.361 e. The quantitative estimate of drug-likeness (QED) is 0.656. The highest BCUT2D eigenvalue weighted by atomic mass is 35.5. The van der Waals surface area contributed by atoms with Gasteiger partial charge < -0.3 is 4.52 Å². The third-order valence-electron chi connectivity index (χ3n) is 1.33. The predicted octanol–water partition coefficient (Wildman–Crippen LogP) is 2.66. The van der Waals surface area contributed by atoms with Crippen LogP contribution in [0.3, 0.4) is 0 Å². The van der Waals surface area contributed by atoms with E-state index in [1.54, 1.807) is 0 Å². The van der Waals surface area contributed by atoms with E-state index in [4.69, 9.17) is 11.6 Å². The van der Waals surface area contributed by atoms with Gasteiger partial charge in [-0.3, -0.25) is 0 Å². The Bertz CT molecular complexity index is 249. The van der Waals surface area contributed by atoms with Crippen molar-refractivity contribution in [3.05, 3.63) is 17.0 Å². The lowest BCUT2D eigenvalue weighted by molar-refractivity contribution is 0.148. The number of aryl methyl sites for hydroxylation is 1. The topological polar surface area (TPSA) is 26.0 Å². The van der Waals surface area contributed by atoms with E-state index >= 15 is 0 Å². The molecule has 62 valence electrons. The van der Waals surface area contributed by atoms with Crippen LogP contribution in [0.15, 0.2) is 4.52 Å². The number of hydrogen-bond acceptors (Lipinski definition) is 2. The van der Waals surface area contributed by atoms with E-state index in [9.17, 15) is 8.78 Å². The first-order valence-electron chi connectivity index (χ1n) is 2.96. The van der Waals surface area contributed by atoms with Gasteiger partial charge in [0.05, 0.1) is 11.4 Å². The first-order valence-corrected chi connectivity index (χ1v) is 3.49. The van der Waals surface area contributed by atoms with Crippen molar-refractivity contribution in [3.63, 3.8) is 0 Å². The third-order valence-corrected chi connectivity index (χ3v) is 1.58. The van der Waals surface area contributed by atoms with Crippen molar-refractivity contribution >= 4 is 11.6 Å². The Labute approximate surface area is 67.1 Å². The summed E-state index contributed by atoms with van der Waals surface area (Å²) < 4.78 is 28.8. The highest BCUT2D eigenvalue weighted by molar-refractivity contribution is 6.17. The highest BCUT2D eigenvalue weighted by Gasteiger charge is 2.20. The number of rotatable bonds is 2. The van der Waals surface area contributed by atoms with E-state index < -0.39 is 6.43 Å². The van der Waals surface area contributed by atoms with Gasteiger partial charge in [-0.05, 0) is 6.92 Å². The Morgan fingerprint density at radius 1 is 1.64 bits per heavy atom. The van der Waals surface area contributed by atoms with E-state index in [1.165, 1.54) is 6.92 Å². The zero-order valence-electron chi connectivity index (χ0n) is 5.77. The Morgan fingerprint density at radius 2 is 2.27 bits per heavy atom. The number of aromatic nitrogens is 1. The summed E-state index contributed by atoms with van der Waals surface area (Å²) in [5.41, 5.74) is -0.0563. The maximum absolute atomic E-state index is 12.2. The Hall–Kier alpha value is -0.640. The van der Waals surface area contributed by atoms with Crippen LogP contribution in [0.4, 0.5) is 8.78 Å². The number of halogens is 3. The molecule has 0 spiro atoms. The first-order chi connectivity index (χ1) is 5.16. The minimum atomic E-state index is -2.56. The zero-order valence-corrected chi connectivity index (χ0v) is 6.53. The summed E-state index contributed by atoms with van der Waals surface area (Å²) in [6, 6.07) is 0. The van der Waals surface area contributed by atoms with Gasteiger partial charge >= 0.3 is 0 Å². The van der Waals surface area contributed by atoms with Gasteiger partial charge in [0.1, 0.15) is 11.5 Å². The van der Waals surface area contributed by atoms with E-state index in [1.807, 2.05) is 0 Å².